The molecule has 6 nitrogen and oxygen atoms in total. The lowest BCUT2D eigenvalue weighted by Gasteiger charge is -2.11. The number of carbonyl (C=O) groups excluding carboxylic acids is 2. The summed E-state index contributed by atoms with van der Waals surface area (Å²) in [6.07, 6.45) is 1.83. The highest BCUT2D eigenvalue weighted by Crippen LogP contribution is 2.34. The van der Waals surface area contributed by atoms with Gasteiger partial charge in [-0.3, -0.25) is 14.7 Å². The Morgan fingerprint density at radius 1 is 1.36 bits per heavy atom. The van der Waals surface area contributed by atoms with Crippen molar-refractivity contribution in [2.45, 2.75) is 6.92 Å². The number of aliphatic imine (C=N–C) groups is 1. The molecule has 1 aliphatic rings. The zero-order valence-electron chi connectivity index (χ0n) is 13.8. The largest absolute Gasteiger partial charge is 0.480 e. The van der Waals surface area contributed by atoms with Gasteiger partial charge < -0.3 is 9.47 Å². The Kier molecular flexibility index (Phi) is 7.55. The van der Waals surface area contributed by atoms with E-state index in [4.69, 9.17) is 9.47 Å². The number of hydrogen-bond acceptors (Lipinski definition) is 6. The molecule has 0 aromatic heterocycles. The molecule has 0 bridgehead atoms. The second-order valence-corrected chi connectivity index (χ2v) is 8.22. The standard InChI is InChI=1S/C16H16I2N2O4S/c1-4-23-13(21)8-24-14-10(17)5-9(6-11(14)18)7-12-15(22)20(3)16(19-2)25-12/h5-7H,4,8H2,1-3H3/b12-7+,19-16?. The molecule has 1 heterocycles. The molecule has 0 spiro atoms. The first kappa shape index (κ1) is 20.5. The summed E-state index contributed by atoms with van der Waals surface area (Å²) in [6, 6.07) is 3.82. The van der Waals surface area contributed by atoms with Gasteiger partial charge in [-0.25, -0.2) is 4.79 Å². The van der Waals surface area contributed by atoms with Crippen LogP contribution in [0.25, 0.3) is 6.08 Å². The number of benzene rings is 1. The maximum Gasteiger partial charge on any atom is 0.344 e. The minimum Gasteiger partial charge on any atom is -0.480 e. The predicted molar refractivity (Wildman–Crippen MR) is 116 cm³/mol. The van der Waals surface area contributed by atoms with Crippen molar-refractivity contribution in [2.24, 2.45) is 4.99 Å². The van der Waals surface area contributed by atoms with E-state index < -0.39 is 5.97 Å². The zero-order chi connectivity index (χ0) is 18.6. The molecule has 0 aliphatic carbocycles. The lowest BCUT2D eigenvalue weighted by molar-refractivity contribution is -0.145. The van der Waals surface area contributed by atoms with E-state index in [0.29, 0.717) is 22.4 Å². The number of rotatable bonds is 5. The van der Waals surface area contributed by atoms with Crippen molar-refractivity contribution in [1.82, 2.24) is 4.90 Å². The van der Waals surface area contributed by atoms with Crippen molar-refractivity contribution in [3.05, 3.63) is 29.7 Å². The minimum atomic E-state index is -0.400. The molecule has 0 unspecified atom stereocenters. The van der Waals surface area contributed by atoms with Crippen molar-refractivity contribution in [2.75, 3.05) is 27.3 Å². The molecule has 1 aromatic carbocycles. The Morgan fingerprint density at radius 3 is 2.52 bits per heavy atom. The summed E-state index contributed by atoms with van der Waals surface area (Å²) in [5, 5.41) is 0.676. The number of hydrogen-bond donors (Lipinski definition) is 0. The molecule has 1 fully saturated rings. The molecule has 1 aromatic rings. The summed E-state index contributed by atoms with van der Waals surface area (Å²) in [4.78, 5) is 29.9. The van der Waals surface area contributed by atoms with Crippen LogP contribution in [0.1, 0.15) is 12.5 Å². The normalized spacial score (nSPS) is 17.5. The molecule has 0 radical (unpaired) electrons. The topological polar surface area (TPSA) is 68.2 Å². The van der Waals surface area contributed by atoms with Crippen molar-refractivity contribution in [3.63, 3.8) is 0 Å². The molecule has 1 aliphatic heterocycles. The number of thioether (sulfide) groups is 1. The van der Waals surface area contributed by atoms with Crippen molar-refractivity contribution in [1.29, 1.82) is 0 Å². The number of carbonyl (C=O) groups is 2. The van der Waals surface area contributed by atoms with E-state index in [1.165, 1.54) is 16.7 Å². The summed E-state index contributed by atoms with van der Waals surface area (Å²) in [7, 11) is 3.37. The molecule has 0 N–H and O–H groups in total. The fourth-order valence-electron chi connectivity index (χ4n) is 2.04. The first-order valence-corrected chi connectivity index (χ1v) is 10.3. The van der Waals surface area contributed by atoms with Gasteiger partial charge in [-0.15, -0.1) is 0 Å². The molecule has 1 saturated heterocycles. The molecular weight excluding hydrogens is 570 g/mol. The van der Waals surface area contributed by atoms with Gasteiger partial charge in [0, 0.05) is 14.1 Å². The average Bonchev–Trinajstić information content (AvgIpc) is 2.82. The fourth-order valence-corrected chi connectivity index (χ4v) is 5.09. The molecule has 25 heavy (non-hydrogen) atoms. The van der Waals surface area contributed by atoms with Crippen LogP contribution in [0.2, 0.25) is 0 Å². The number of halogens is 2. The maximum absolute atomic E-state index is 12.2. The number of amides is 1. The third-order valence-electron chi connectivity index (χ3n) is 3.15. The van der Waals surface area contributed by atoms with Crippen LogP contribution in [-0.2, 0) is 14.3 Å². The van der Waals surface area contributed by atoms with Gasteiger partial charge in [0.2, 0.25) is 0 Å². The van der Waals surface area contributed by atoms with E-state index in [1.807, 2.05) is 18.2 Å². The molecule has 9 heteroatoms. The van der Waals surface area contributed by atoms with Crippen LogP contribution in [0.5, 0.6) is 5.75 Å². The zero-order valence-corrected chi connectivity index (χ0v) is 19.0. The van der Waals surface area contributed by atoms with Gasteiger partial charge >= 0.3 is 5.97 Å². The number of amidine groups is 1. The van der Waals surface area contributed by atoms with Crippen molar-refractivity contribution < 1.29 is 19.1 Å². The van der Waals surface area contributed by atoms with Gasteiger partial charge in [-0.05, 0) is 87.6 Å². The quantitative estimate of drug-likeness (QED) is 0.301. The van der Waals surface area contributed by atoms with Crippen LogP contribution >= 0.6 is 56.9 Å². The van der Waals surface area contributed by atoms with E-state index in [0.717, 1.165) is 12.7 Å². The summed E-state index contributed by atoms with van der Waals surface area (Å²) < 4.78 is 12.1. The SMILES string of the molecule is CCOC(=O)COc1c(I)cc(/C=C2/SC(=NC)N(C)C2=O)cc1I. The van der Waals surface area contributed by atoms with E-state index in [-0.39, 0.29) is 12.5 Å². The van der Waals surface area contributed by atoms with Gasteiger partial charge in [0.15, 0.2) is 11.8 Å². The second kappa shape index (κ2) is 9.21. The Balaban J connectivity index is 2.21. The number of esters is 1. The van der Waals surface area contributed by atoms with Crippen molar-refractivity contribution in [3.8, 4) is 5.75 Å². The summed E-state index contributed by atoms with van der Waals surface area (Å²) in [5.41, 5.74) is 0.888. The maximum atomic E-state index is 12.2. The fraction of sp³-hybridized carbons (Fsp3) is 0.312. The average molecular weight is 586 g/mol. The number of likely N-dealkylation sites (N-methyl/N-ethyl adjacent to an activating group) is 1. The van der Waals surface area contributed by atoms with Crippen LogP contribution in [-0.4, -0.2) is 49.3 Å². The summed E-state index contributed by atoms with van der Waals surface area (Å²) in [6.45, 7) is 1.95. The third kappa shape index (κ3) is 5.09. The smallest absolute Gasteiger partial charge is 0.344 e. The van der Waals surface area contributed by atoms with Crippen molar-refractivity contribution >= 4 is 80.1 Å². The summed E-state index contributed by atoms with van der Waals surface area (Å²) in [5.74, 6) is 0.163. The Morgan fingerprint density at radius 2 is 2.00 bits per heavy atom. The molecule has 1 amide bonds. The second-order valence-electron chi connectivity index (χ2n) is 4.89. The Labute approximate surface area is 177 Å². The van der Waals surface area contributed by atoms with Crippen LogP contribution in [0.4, 0.5) is 0 Å². The predicted octanol–water partition coefficient (Wildman–Crippen LogP) is 3.37. The minimum absolute atomic E-state index is 0.0711. The lowest BCUT2D eigenvalue weighted by Crippen LogP contribution is -2.23. The van der Waals surface area contributed by atoms with Gasteiger partial charge in [-0.1, -0.05) is 0 Å². The number of ether oxygens (including phenoxy) is 2. The van der Waals surface area contributed by atoms with Gasteiger partial charge in [0.25, 0.3) is 5.91 Å². The Bertz CT molecular complexity index is 741. The molecule has 134 valence electrons. The highest BCUT2D eigenvalue weighted by Gasteiger charge is 2.29. The first-order chi connectivity index (χ1) is 11.9. The van der Waals surface area contributed by atoms with Gasteiger partial charge in [-0.2, -0.15) is 0 Å². The monoisotopic (exact) mass is 586 g/mol. The number of nitrogens with zero attached hydrogens (tertiary/aromatic N) is 2. The van der Waals surface area contributed by atoms with Crippen LogP contribution in [0.3, 0.4) is 0 Å². The van der Waals surface area contributed by atoms with Gasteiger partial charge in [0.1, 0.15) is 5.75 Å². The van der Waals surface area contributed by atoms with Crippen LogP contribution in [0, 0.1) is 7.14 Å². The van der Waals surface area contributed by atoms with Gasteiger partial charge in [0.05, 0.1) is 18.7 Å². The van der Waals surface area contributed by atoms with E-state index in [1.54, 1.807) is 21.0 Å². The third-order valence-corrected chi connectivity index (χ3v) is 5.91. The van der Waals surface area contributed by atoms with E-state index in [9.17, 15) is 9.59 Å². The van der Waals surface area contributed by atoms with Crippen LogP contribution < -0.4 is 4.74 Å². The lowest BCUT2D eigenvalue weighted by atomic mass is 10.2. The molecule has 2 rings (SSSR count). The van der Waals surface area contributed by atoms with Crippen LogP contribution in [0.15, 0.2) is 22.0 Å². The highest BCUT2D eigenvalue weighted by molar-refractivity contribution is 14.1. The summed E-state index contributed by atoms with van der Waals surface area (Å²) >= 11 is 5.65. The first-order valence-electron chi connectivity index (χ1n) is 7.29. The Hall–Kier alpha value is -0.820. The highest BCUT2D eigenvalue weighted by atomic mass is 127. The van der Waals surface area contributed by atoms with E-state index >= 15 is 0 Å². The van der Waals surface area contributed by atoms with E-state index in [2.05, 4.69) is 50.2 Å². The molecular formula is C16H16I2N2O4S. The molecule has 0 saturated carbocycles. The molecule has 0 atom stereocenters.